The number of carbonyl (C=O) groups is 1. The van der Waals surface area contributed by atoms with Gasteiger partial charge in [0.05, 0.1) is 42.3 Å². The Morgan fingerprint density at radius 3 is 2.72 bits per heavy atom. The molecule has 0 fully saturated rings. The summed E-state index contributed by atoms with van der Waals surface area (Å²) in [6, 6.07) is 13.2. The van der Waals surface area contributed by atoms with Crippen LogP contribution in [0.4, 0.5) is 0 Å². The molecule has 8 heteroatoms. The molecule has 0 unspecified atom stereocenters. The highest BCUT2D eigenvalue weighted by molar-refractivity contribution is 6.30. The van der Waals surface area contributed by atoms with Gasteiger partial charge in [0.15, 0.2) is 0 Å². The number of halogens is 1. The summed E-state index contributed by atoms with van der Waals surface area (Å²) in [5.41, 5.74) is 5.11. The average Bonchev–Trinajstić information content (AvgIpc) is 3.35. The van der Waals surface area contributed by atoms with E-state index in [1.807, 2.05) is 60.5 Å². The van der Waals surface area contributed by atoms with Gasteiger partial charge in [-0.2, -0.15) is 5.10 Å². The summed E-state index contributed by atoms with van der Waals surface area (Å²) in [5, 5.41) is 5.29. The number of imidazole rings is 1. The van der Waals surface area contributed by atoms with Crippen molar-refractivity contribution in [2.45, 2.75) is 32.9 Å². The lowest BCUT2D eigenvalue weighted by Crippen LogP contribution is -2.14. The van der Waals surface area contributed by atoms with Crippen molar-refractivity contribution in [3.63, 3.8) is 0 Å². The van der Waals surface area contributed by atoms with Crippen molar-refractivity contribution in [2.24, 2.45) is 7.05 Å². The van der Waals surface area contributed by atoms with Crippen molar-refractivity contribution in [2.75, 3.05) is 7.11 Å². The molecule has 4 rings (SSSR count). The number of benzene rings is 2. The van der Waals surface area contributed by atoms with E-state index in [1.165, 1.54) is 0 Å². The highest BCUT2D eigenvalue weighted by Gasteiger charge is 2.18. The SMILES string of the molecule is COc1cc(Cl)ccc1-c1cc(CC(=O)OCc2ccc3c(c2)ncn3C)n(C(C)C)n1. The number of hydrogen-bond acceptors (Lipinski definition) is 5. The Balaban J connectivity index is 1.50. The standard InChI is InChI=1S/C24H25ClN4O3/c1-15(2)29-18(11-20(27-29)19-7-6-17(25)10-23(19)31-4)12-24(30)32-13-16-5-8-22-21(9-16)26-14-28(22)3/h5-11,14-15H,12-13H2,1-4H3. The predicted octanol–water partition coefficient (Wildman–Crippen LogP) is 4.97. The van der Waals surface area contributed by atoms with E-state index in [9.17, 15) is 4.79 Å². The van der Waals surface area contributed by atoms with E-state index in [1.54, 1.807) is 25.6 Å². The van der Waals surface area contributed by atoms with Crippen molar-refractivity contribution >= 4 is 28.6 Å². The monoisotopic (exact) mass is 452 g/mol. The fourth-order valence-electron chi connectivity index (χ4n) is 3.65. The number of methoxy groups -OCH3 is 1. The zero-order chi connectivity index (χ0) is 22.8. The van der Waals surface area contributed by atoms with Crippen LogP contribution in [0.25, 0.3) is 22.3 Å². The van der Waals surface area contributed by atoms with Gasteiger partial charge in [0.25, 0.3) is 0 Å². The van der Waals surface area contributed by atoms with Crippen LogP contribution in [0.15, 0.2) is 48.8 Å². The first-order valence-corrected chi connectivity index (χ1v) is 10.7. The van der Waals surface area contributed by atoms with Crippen LogP contribution in [-0.2, 0) is 29.6 Å². The van der Waals surface area contributed by atoms with Gasteiger partial charge in [-0.3, -0.25) is 9.48 Å². The molecule has 0 saturated heterocycles. The summed E-state index contributed by atoms with van der Waals surface area (Å²) < 4.78 is 14.8. The number of ether oxygens (including phenoxy) is 2. The quantitative estimate of drug-likeness (QED) is 0.370. The number of aryl methyl sites for hydroxylation is 1. The van der Waals surface area contributed by atoms with E-state index >= 15 is 0 Å². The molecule has 2 heterocycles. The maximum Gasteiger partial charge on any atom is 0.312 e. The molecule has 0 spiro atoms. The van der Waals surface area contributed by atoms with Gasteiger partial charge in [0.2, 0.25) is 0 Å². The van der Waals surface area contributed by atoms with E-state index in [0.29, 0.717) is 10.8 Å². The van der Waals surface area contributed by atoms with Crippen molar-refractivity contribution in [3.8, 4) is 17.0 Å². The van der Waals surface area contributed by atoms with Crippen molar-refractivity contribution in [3.05, 3.63) is 65.1 Å². The maximum atomic E-state index is 12.6. The molecule has 0 saturated carbocycles. The van der Waals surface area contributed by atoms with Gasteiger partial charge in [-0.05, 0) is 55.8 Å². The van der Waals surface area contributed by atoms with E-state index in [4.69, 9.17) is 26.2 Å². The Kier molecular flexibility index (Phi) is 6.19. The largest absolute Gasteiger partial charge is 0.496 e. The fourth-order valence-corrected chi connectivity index (χ4v) is 3.82. The normalized spacial score (nSPS) is 11.3. The molecule has 0 N–H and O–H groups in total. The third kappa shape index (κ3) is 4.48. The first-order chi connectivity index (χ1) is 15.4. The molecule has 7 nitrogen and oxygen atoms in total. The Morgan fingerprint density at radius 2 is 1.97 bits per heavy atom. The van der Waals surface area contributed by atoms with Gasteiger partial charge in [0.1, 0.15) is 12.4 Å². The van der Waals surface area contributed by atoms with Crippen LogP contribution in [0.2, 0.25) is 5.02 Å². The Morgan fingerprint density at radius 1 is 1.16 bits per heavy atom. The first kappa shape index (κ1) is 21.9. The highest BCUT2D eigenvalue weighted by Crippen LogP contribution is 2.32. The van der Waals surface area contributed by atoms with Gasteiger partial charge < -0.3 is 14.0 Å². The first-order valence-electron chi connectivity index (χ1n) is 10.3. The summed E-state index contributed by atoms with van der Waals surface area (Å²) in [7, 11) is 3.54. The molecular weight excluding hydrogens is 428 g/mol. The van der Waals surface area contributed by atoms with Crippen molar-refractivity contribution in [1.29, 1.82) is 0 Å². The summed E-state index contributed by atoms with van der Waals surface area (Å²) >= 11 is 6.09. The summed E-state index contributed by atoms with van der Waals surface area (Å²) in [6.45, 7) is 4.23. The highest BCUT2D eigenvalue weighted by atomic mass is 35.5. The number of rotatable bonds is 7. The molecule has 0 atom stereocenters. The van der Waals surface area contributed by atoms with Crippen LogP contribution >= 0.6 is 11.6 Å². The molecule has 0 radical (unpaired) electrons. The maximum absolute atomic E-state index is 12.6. The molecule has 166 valence electrons. The Hall–Kier alpha value is -3.32. The van der Waals surface area contributed by atoms with E-state index in [0.717, 1.165) is 33.5 Å². The minimum Gasteiger partial charge on any atom is -0.496 e. The Labute approximate surface area is 191 Å². The summed E-state index contributed by atoms with van der Waals surface area (Å²) in [6.07, 6.45) is 1.88. The average molecular weight is 453 g/mol. The molecule has 0 aliphatic carbocycles. The van der Waals surface area contributed by atoms with Gasteiger partial charge in [-0.1, -0.05) is 17.7 Å². The fraction of sp³-hybridized carbons (Fsp3) is 0.292. The lowest BCUT2D eigenvalue weighted by Gasteiger charge is -2.11. The van der Waals surface area contributed by atoms with Gasteiger partial charge in [0, 0.05) is 23.7 Å². The number of carbonyl (C=O) groups excluding carboxylic acids is 1. The lowest BCUT2D eigenvalue weighted by atomic mass is 10.1. The van der Waals surface area contributed by atoms with Crippen LogP contribution < -0.4 is 4.74 Å². The van der Waals surface area contributed by atoms with Crippen LogP contribution in [0.1, 0.15) is 31.1 Å². The number of nitrogens with zero attached hydrogens (tertiary/aromatic N) is 4. The molecule has 32 heavy (non-hydrogen) atoms. The van der Waals surface area contributed by atoms with Gasteiger partial charge in [-0.25, -0.2) is 4.98 Å². The second kappa shape index (κ2) is 9.04. The molecule has 2 aromatic carbocycles. The molecular formula is C24H25ClN4O3. The van der Waals surface area contributed by atoms with Crippen LogP contribution in [0.3, 0.4) is 0 Å². The molecule has 0 aliphatic rings. The molecule has 0 amide bonds. The van der Waals surface area contributed by atoms with E-state index in [-0.39, 0.29) is 25.0 Å². The second-order valence-electron chi connectivity index (χ2n) is 7.92. The zero-order valence-corrected chi connectivity index (χ0v) is 19.3. The second-order valence-corrected chi connectivity index (χ2v) is 8.36. The predicted molar refractivity (Wildman–Crippen MR) is 124 cm³/mol. The lowest BCUT2D eigenvalue weighted by molar-refractivity contribution is -0.144. The minimum absolute atomic E-state index is 0.0800. The number of hydrogen-bond donors (Lipinski definition) is 0. The summed E-state index contributed by atoms with van der Waals surface area (Å²) in [4.78, 5) is 17.0. The third-order valence-corrected chi connectivity index (χ3v) is 5.49. The topological polar surface area (TPSA) is 71.2 Å². The van der Waals surface area contributed by atoms with Gasteiger partial charge in [-0.15, -0.1) is 0 Å². The summed E-state index contributed by atoms with van der Waals surface area (Å²) in [5.74, 6) is 0.312. The molecule has 2 aromatic heterocycles. The molecule has 0 aliphatic heterocycles. The smallest absolute Gasteiger partial charge is 0.312 e. The van der Waals surface area contributed by atoms with Crippen LogP contribution in [-0.4, -0.2) is 32.4 Å². The van der Waals surface area contributed by atoms with E-state index < -0.39 is 0 Å². The van der Waals surface area contributed by atoms with Crippen LogP contribution in [0.5, 0.6) is 5.75 Å². The third-order valence-electron chi connectivity index (χ3n) is 5.26. The van der Waals surface area contributed by atoms with Crippen molar-refractivity contribution < 1.29 is 14.3 Å². The minimum atomic E-state index is -0.317. The molecule has 0 bridgehead atoms. The number of aromatic nitrogens is 4. The molecule has 4 aromatic rings. The van der Waals surface area contributed by atoms with Crippen LogP contribution in [0, 0.1) is 0 Å². The zero-order valence-electron chi connectivity index (χ0n) is 18.5. The van der Waals surface area contributed by atoms with Gasteiger partial charge >= 0.3 is 5.97 Å². The number of fused-ring (bicyclic) bond motifs is 1. The van der Waals surface area contributed by atoms with Crippen molar-refractivity contribution in [1.82, 2.24) is 19.3 Å². The number of esters is 1. The Bertz CT molecular complexity index is 1280. The van der Waals surface area contributed by atoms with E-state index in [2.05, 4.69) is 4.98 Å².